The van der Waals surface area contributed by atoms with Crippen molar-refractivity contribution in [1.29, 1.82) is 0 Å². The molecule has 2 aromatic rings. The zero-order valence-corrected chi connectivity index (χ0v) is 13.2. The Kier molecular flexibility index (Phi) is 4.49. The summed E-state index contributed by atoms with van der Waals surface area (Å²) >= 11 is 0. The van der Waals surface area contributed by atoms with Gasteiger partial charge in [-0.25, -0.2) is 8.78 Å². The van der Waals surface area contributed by atoms with Crippen LogP contribution >= 0.6 is 0 Å². The number of epoxide rings is 1. The first-order valence-electron chi connectivity index (χ1n) is 5.95. The molecule has 21 heavy (non-hydrogen) atoms. The van der Waals surface area contributed by atoms with Crippen LogP contribution in [0.15, 0.2) is 48.5 Å². The third kappa shape index (κ3) is 2.74. The molecular formula is C15H9F2NaO3. The van der Waals surface area contributed by atoms with Gasteiger partial charge in [-0.1, -0.05) is 24.3 Å². The molecule has 102 valence electrons. The Balaban J connectivity index is 0.00000161. The third-order valence-electron chi connectivity index (χ3n) is 3.38. The van der Waals surface area contributed by atoms with Crippen molar-refractivity contribution in [2.24, 2.45) is 0 Å². The maximum Gasteiger partial charge on any atom is 1.00 e. The molecule has 0 bridgehead atoms. The van der Waals surface area contributed by atoms with Gasteiger partial charge in [0.2, 0.25) is 0 Å². The molecule has 1 saturated heterocycles. The molecule has 1 aliphatic heterocycles. The van der Waals surface area contributed by atoms with Gasteiger partial charge in [0, 0.05) is 0 Å². The number of ether oxygens (including phenoxy) is 1. The number of carbonyl (C=O) groups is 1. The molecule has 1 atom stereocenters. The summed E-state index contributed by atoms with van der Waals surface area (Å²) in [5.41, 5.74) is -0.264. The Labute approximate surface area is 141 Å². The van der Waals surface area contributed by atoms with Crippen molar-refractivity contribution >= 4 is 5.97 Å². The quantitative estimate of drug-likeness (QED) is 0.504. The fourth-order valence-electron chi connectivity index (χ4n) is 2.37. The zero-order valence-electron chi connectivity index (χ0n) is 11.2. The van der Waals surface area contributed by atoms with E-state index in [4.69, 9.17) is 4.74 Å². The number of hydrogen-bond donors (Lipinski definition) is 0. The van der Waals surface area contributed by atoms with E-state index in [-0.39, 0.29) is 29.6 Å². The zero-order chi connectivity index (χ0) is 14.3. The van der Waals surface area contributed by atoms with Crippen molar-refractivity contribution in [3.63, 3.8) is 0 Å². The van der Waals surface area contributed by atoms with E-state index in [0.29, 0.717) is 11.1 Å². The maximum atomic E-state index is 13.0. The van der Waals surface area contributed by atoms with Crippen LogP contribution in [0.25, 0.3) is 0 Å². The molecule has 1 heterocycles. The van der Waals surface area contributed by atoms with Gasteiger partial charge >= 0.3 is 29.6 Å². The van der Waals surface area contributed by atoms with Gasteiger partial charge < -0.3 is 14.6 Å². The maximum absolute atomic E-state index is 13.0. The van der Waals surface area contributed by atoms with E-state index in [0.717, 1.165) is 0 Å². The SMILES string of the molecule is O=C([O-])C1OC1(c1ccc(F)cc1)c1ccc(F)cc1.[Na+]. The van der Waals surface area contributed by atoms with Crippen LogP contribution in [0.4, 0.5) is 8.78 Å². The predicted octanol–water partition coefficient (Wildman–Crippen LogP) is -1.64. The molecule has 1 unspecified atom stereocenters. The topological polar surface area (TPSA) is 52.7 Å². The summed E-state index contributed by atoms with van der Waals surface area (Å²) in [7, 11) is 0. The van der Waals surface area contributed by atoms with Crippen LogP contribution in [0.2, 0.25) is 0 Å². The van der Waals surface area contributed by atoms with Gasteiger partial charge in [0.15, 0.2) is 5.60 Å². The molecule has 0 saturated carbocycles. The summed E-state index contributed by atoms with van der Waals surface area (Å²) in [5, 5.41) is 11.1. The first kappa shape index (κ1) is 16.1. The molecule has 6 heteroatoms. The summed E-state index contributed by atoms with van der Waals surface area (Å²) in [5.74, 6) is -2.24. The number of carboxylic acid groups (broad SMARTS) is 1. The van der Waals surface area contributed by atoms with Gasteiger partial charge in [0.05, 0.1) is 5.97 Å². The Bertz CT molecular complexity index is 610. The van der Waals surface area contributed by atoms with E-state index in [2.05, 4.69) is 0 Å². The van der Waals surface area contributed by atoms with E-state index in [1.54, 1.807) is 0 Å². The molecular weight excluding hydrogens is 289 g/mol. The van der Waals surface area contributed by atoms with Crippen molar-refractivity contribution in [1.82, 2.24) is 0 Å². The summed E-state index contributed by atoms with van der Waals surface area (Å²) in [6.07, 6.45) is -1.17. The first-order valence-corrected chi connectivity index (χ1v) is 5.95. The average Bonchev–Trinajstić information content (AvgIpc) is 3.17. The Morgan fingerprint density at radius 2 is 1.33 bits per heavy atom. The third-order valence-corrected chi connectivity index (χ3v) is 3.38. The summed E-state index contributed by atoms with van der Waals surface area (Å²) < 4.78 is 31.3. The minimum Gasteiger partial charge on any atom is -0.547 e. The van der Waals surface area contributed by atoms with Crippen LogP contribution in [0.3, 0.4) is 0 Å². The molecule has 3 rings (SSSR count). The van der Waals surface area contributed by atoms with Crippen LogP contribution in [0.1, 0.15) is 11.1 Å². The van der Waals surface area contributed by atoms with Crippen molar-refractivity contribution in [2.45, 2.75) is 11.7 Å². The number of aliphatic carboxylic acids is 1. The number of halogens is 2. The van der Waals surface area contributed by atoms with Crippen molar-refractivity contribution in [3.05, 3.63) is 71.3 Å². The number of hydrogen-bond acceptors (Lipinski definition) is 3. The number of carboxylic acids is 1. The largest absolute Gasteiger partial charge is 1.00 e. The number of rotatable bonds is 3. The van der Waals surface area contributed by atoms with E-state index in [1.807, 2.05) is 0 Å². The fourth-order valence-corrected chi connectivity index (χ4v) is 2.37. The van der Waals surface area contributed by atoms with Crippen LogP contribution in [-0.4, -0.2) is 12.1 Å². The monoisotopic (exact) mass is 298 g/mol. The van der Waals surface area contributed by atoms with Crippen molar-refractivity contribution < 1.29 is 53.0 Å². The van der Waals surface area contributed by atoms with Gasteiger partial charge in [-0.05, 0) is 35.4 Å². The van der Waals surface area contributed by atoms with Crippen molar-refractivity contribution in [2.75, 3.05) is 0 Å². The average molecular weight is 298 g/mol. The van der Waals surface area contributed by atoms with Crippen LogP contribution in [0.5, 0.6) is 0 Å². The minimum absolute atomic E-state index is 0. The summed E-state index contributed by atoms with van der Waals surface area (Å²) in [6, 6.07) is 10.7. The van der Waals surface area contributed by atoms with E-state index in [9.17, 15) is 18.7 Å². The summed E-state index contributed by atoms with van der Waals surface area (Å²) in [6.45, 7) is 0. The van der Waals surface area contributed by atoms with Gasteiger partial charge in [0.1, 0.15) is 17.7 Å². The van der Waals surface area contributed by atoms with Gasteiger partial charge in [-0.15, -0.1) is 0 Å². The minimum atomic E-state index is -1.36. The molecule has 1 fully saturated rings. The van der Waals surface area contributed by atoms with Crippen molar-refractivity contribution in [3.8, 4) is 0 Å². The van der Waals surface area contributed by atoms with Gasteiger partial charge in [-0.3, -0.25) is 0 Å². The fraction of sp³-hybridized carbons (Fsp3) is 0.133. The van der Waals surface area contributed by atoms with Crippen LogP contribution in [-0.2, 0) is 15.1 Å². The summed E-state index contributed by atoms with van der Waals surface area (Å²) in [4.78, 5) is 11.1. The molecule has 0 radical (unpaired) electrons. The van der Waals surface area contributed by atoms with E-state index < -0.39 is 29.3 Å². The second kappa shape index (κ2) is 5.85. The second-order valence-electron chi connectivity index (χ2n) is 4.57. The normalized spacial score (nSPS) is 18.7. The Morgan fingerprint density at radius 1 is 0.952 bits per heavy atom. The molecule has 0 aliphatic carbocycles. The first-order chi connectivity index (χ1) is 9.54. The number of carbonyl (C=O) groups excluding carboxylic acids is 1. The number of benzene rings is 2. The van der Waals surface area contributed by atoms with Crippen LogP contribution < -0.4 is 34.7 Å². The smallest absolute Gasteiger partial charge is 0.547 e. The second-order valence-corrected chi connectivity index (χ2v) is 4.57. The molecule has 0 N–H and O–H groups in total. The van der Waals surface area contributed by atoms with Gasteiger partial charge in [0.25, 0.3) is 0 Å². The molecule has 1 aliphatic rings. The Morgan fingerprint density at radius 3 is 1.62 bits per heavy atom. The molecule has 0 spiro atoms. The molecule has 3 nitrogen and oxygen atoms in total. The van der Waals surface area contributed by atoms with E-state index in [1.165, 1.54) is 48.5 Å². The molecule has 2 aromatic carbocycles. The van der Waals surface area contributed by atoms with E-state index >= 15 is 0 Å². The Hall–Kier alpha value is -1.27. The standard InChI is InChI=1S/C15H10F2O3.Na/c16-11-5-1-9(2-6-11)15(13(20-15)14(18)19)10-3-7-12(17)8-4-10;/h1-8,13H,(H,18,19);/q;+1/p-1. The molecule has 0 amide bonds. The van der Waals surface area contributed by atoms with Crippen LogP contribution in [0, 0.1) is 11.6 Å². The molecule has 0 aromatic heterocycles. The van der Waals surface area contributed by atoms with Gasteiger partial charge in [-0.2, -0.15) is 0 Å². The predicted molar refractivity (Wildman–Crippen MR) is 63.5 cm³/mol.